The van der Waals surface area contributed by atoms with E-state index in [-0.39, 0.29) is 17.4 Å². The number of thioether (sulfide) groups is 1. The van der Waals surface area contributed by atoms with E-state index in [1.165, 1.54) is 50.5 Å². The fourth-order valence-corrected chi connectivity index (χ4v) is 7.60. The fraction of sp³-hybridized carbons (Fsp3) is 0.263. The van der Waals surface area contributed by atoms with Crippen LogP contribution in [0.15, 0.2) is 83.4 Å². The number of rotatable bonds is 12. The van der Waals surface area contributed by atoms with Crippen LogP contribution in [0.5, 0.6) is 11.5 Å². The third-order valence-corrected chi connectivity index (χ3v) is 10.2. The van der Waals surface area contributed by atoms with Gasteiger partial charge in [-0.1, -0.05) is 37.1 Å². The number of amides is 3. The molecule has 260 valence electrons. The van der Waals surface area contributed by atoms with Gasteiger partial charge in [0.2, 0.25) is 5.91 Å². The van der Waals surface area contributed by atoms with E-state index in [1.807, 2.05) is 6.07 Å². The van der Waals surface area contributed by atoms with Crippen LogP contribution in [0, 0.1) is 0 Å². The highest BCUT2D eigenvalue weighted by Crippen LogP contribution is 2.38. The van der Waals surface area contributed by atoms with Crippen LogP contribution >= 0.6 is 23.1 Å². The zero-order chi connectivity index (χ0) is 35.5. The van der Waals surface area contributed by atoms with Gasteiger partial charge in [0, 0.05) is 26.6 Å². The van der Waals surface area contributed by atoms with Crippen molar-refractivity contribution in [3.8, 4) is 11.5 Å². The molecule has 3 amide bonds. The van der Waals surface area contributed by atoms with Gasteiger partial charge in [-0.2, -0.15) is 0 Å². The molecular weight excluding hydrogens is 675 g/mol. The zero-order valence-electron chi connectivity index (χ0n) is 28.1. The van der Waals surface area contributed by atoms with Crippen molar-refractivity contribution in [1.82, 2.24) is 5.32 Å². The largest absolute Gasteiger partial charge is 0.497 e. The van der Waals surface area contributed by atoms with Crippen molar-refractivity contribution in [2.45, 2.75) is 43.4 Å². The lowest BCUT2D eigenvalue weighted by Gasteiger charge is -2.14. The Bertz CT molecular complexity index is 1890. The van der Waals surface area contributed by atoms with Crippen LogP contribution in [-0.2, 0) is 27.2 Å². The first-order chi connectivity index (χ1) is 24.3. The second kappa shape index (κ2) is 17.5. The van der Waals surface area contributed by atoms with Crippen molar-refractivity contribution in [1.29, 1.82) is 0 Å². The zero-order valence-corrected chi connectivity index (χ0v) is 29.8. The molecule has 12 heteroatoms. The number of thiophene rings is 1. The summed E-state index contributed by atoms with van der Waals surface area (Å²) in [6.07, 6.45) is 7.51. The first-order valence-corrected chi connectivity index (χ1v) is 18.0. The topological polar surface area (TPSA) is 132 Å². The number of fused-ring (bicyclic) bond motifs is 1. The molecule has 0 unspecified atom stereocenters. The summed E-state index contributed by atoms with van der Waals surface area (Å²) in [6.45, 7) is 0. The van der Waals surface area contributed by atoms with Crippen LogP contribution in [0.4, 0.5) is 10.7 Å². The minimum absolute atomic E-state index is 0.0192. The van der Waals surface area contributed by atoms with Gasteiger partial charge in [-0.3, -0.25) is 14.4 Å². The number of hydrogen-bond acceptors (Lipinski definition) is 9. The molecule has 0 aliphatic heterocycles. The number of ether oxygens (including phenoxy) is 3. The monoisotopic (exact) mass is 713 g/mol. The van der Waals surface area contributed by atoms with Crippen LogP contribution in [0.3, 0.4) is 0 Å². The maximum absolute atomic E-state index is 13.7. The molecule has 0 saturated heterocycles. The van der Waals surface area contributed by atoms with Crippen molar-refractivity contribution in [3.05, 3.63) is 106 Å². The number of hydrogen-bond donors (Lipinski definition) is 3. The molecule has 1 aromatic heterocycles. The molecule has 5 rings (SSSR count). The Morgan fingerprint density at radius 1 is 0.840 bits per heavy atom. The number of aryl methyl sites for hydroxylation is 1. The van der Waals surface area contributed by atoms with Gasteiger partial charge in [0.05, 0.1) is 32.6 Å². The van der Waals surface area contributed by atoms with Gasteiger partial charge in [-0.05, 0) is 85.9 Å². The SMILES string of the molecule is COC(=O)c1c(NC(=O)CSc2cccc(NC(=O)/C(=C\c3cc(OC)ccc3OC)NC(=O)c3ccccc3)c2)sc2c1CCCCCC2. The molecule has 0 atom stereocenters. The highest BCUT2D eigenvalue weighted by atomic mass is 32.2. The van der Waals surface area contributed by atoms with Crippen molar-refractivity contribution < 1.29 is 33.4 Å². The molecule has 50 heavy (non-hydrogen) atoms. The van der Waals surface area contributed by atoms with Gasteiger partial charge in [0.15, 0.2) is 0 Å². The standard InChI is InChI=1S/C38H39N3O7S2/c1-46-27-18-19-31(47-2)25(20-27)21-30(40-35(43)24-12-7-6-8-13-24)36(44)39-26-14-11-15-28(22-26)49-23-33(42)41-37-34(38(45)48-3)29-16-9-4-5-10-17-32(29)50-37/h6-8,11-15,18-22H,4-5,9-10,16-17,23H2,1-3H3,(H,39,44)(H,40,43)(H,41,42)/b30-21+. The molecule has 3 N–H and O–H groups in total. The summed E-state index contributed by atoms with van der Waals surface area (Å²) < 4.78 is 15.9. The predicted octanol–water partition coefficient (Wildman–Crippen LogP) is 7.35. The second-order valence-corrected chi connectivity index (χ2v) is 13.6. The lowest BCUT2D eigenvalue weighted by atomic mass is 9.96. The van der Waals surface area contributed by atoms with E-state index in [0.717, 1.165) is 53.9 Å². The molecular formula is C38H39N3O7S2. The average molecular weight is 714 g/mol. The Labute approximate surface area is 299 Å². The van der Waals surface area contributed by atoms with Crippen LogP contribution in [0.1, 0.15) is 62.4 Å². The molecule has 1 aliphatic rings. The van der Waals surface area contributed by atoms with Gasteiger partial charge in [-0.15, -0.1) is 23.1 Å². The highest BCUT2D eigenvalue weighted by Gasteiger charge is 2.26. The van der Waals surface area contributed by atoms with Crippen LogP contribution in [-0.4, -0.2) is 50.8 Å². The van der Waals surface area contributed by atoms with Gasteiger partial charge < -0.3 is 30.2 Å². The van der Waals surface area contributed by atoms with Gasteiger partial charge in [0.25, 0.3) is 11.8 Å². The molecule has 1 heterocycles. The normalized spacial score (nSPS) is 12.8. The quantitative estimate of drug-likeness (QED) is 0.0789. The van der Waals surface area contributed by atoms with Crippen molar-refractivity contribution >= 4 is 63.6 Å². The van der Waals surface area contributed by atoms with Gasteiger partial charge in [-0.25, -0.2) is 4.79 Å². The molecule has 0 spiro atoms. The lowest BCUT2D eigenvalue weighted by Crippen LogP contribution is -2.30. The Balaban J connectivity index is 1.30. The predicted molar refractivity (Wildman–Crippen MR) is 197 cm³/mol. The molecule has 4 aromatic rings. The second-order valence-electron chi connectivity index (χ2n) is 11.4. The summed E-state index contributed by atoms with van der Waals surface area (Å²) >= 11 is 2.75. The Hall–Kier alpha value is -5.07. The Kier molecular flexibility index (Phi) is 12.7. The van der Waals surface area contributed by atoms with Gasteiger partial charge in [0.1, 0.15) is 22.2 Å². The fourth-order valence-electron chi connectivity index (χ4n) is 5.55. The van der Waals surface area contributed by atoms with Gasteiger partial charge >= 0.3 is 5.97 Å². The first kappa shape index (κ1) is 36.2. The molecule has 0 saturated carbocycles. The number of anilines is 2. The first-order valence-electron chi connectivity index (χ1n) is 16.2. The van der Waals surface area contributed by atoms with E-state index in [9.17, 15) is 19.2 Å². The Morgan fingerprint density at radius 2 is 1.62 bits per heavy atom. The summed E-state index contributed by atoms with van der Waals surface area (Å²) in [4.78, 5) is 54.5. The summed E-state index contributed by atoms with van der Waals surface area (Å²) in [5, 5.41) is 9.07. The molecule has 0 radical (unpaired) electrons. The minimum atomic E-state index is -0.567. The molecule has 0 bridgehead atoms. The summed E-state index contributed by atoms with van der Waals surface area (Å²) in [7, 11) is 4.40. The van der Waals surface area contributed by atoms with E-state index in [4.69, 9.17) is 14.2 Å². The third-order valence-electron chi connectivity index (χ3n) is 8.04. The van der Waals surface area contributed by atoms with Crippen molar-refractivity contribution in [2.75, 3.05) is 37.7 Å². The Morgan fingerprint density at radius 3 is 2.36 bits per heavy atom. The molecule has 0 fully saturated rings. The minimum Gasteiger partial charge on any atom is -0.497 e. The number of carbonyl (C=O) groups is 4. The number of nitrogens with one attached hydrogen (secondary N) is 3. The average Bonchev–Trinajstić information content (AvgIpc) is 3.45. The van der Waals surface area contributed by atoms with Crippen LogP contribution in [0.25, 0.3) is 6.08 Å². The molecule has 10 nitrogen and oxygen atoms in total. The number of methoxy groups -OCH3 is 3. The van der Waals surface area contributed by atoms with Crippen LogP contribution in [0.2, 0.25) is 0 Å². The van der Waals surface area contributed by atoms with Crippen molar-refractivity contribution in [3.63, 3.8) is 0 Å². The maximum Gasteiger partial charge on any atom is 0.341 e. The maximum atomic E-state index is 13.7. The summed E-state index contributed by atoms with van der Waals surface area (Å²) in [5.74, 6) is -0.619. The lowest BCUT2D eigenvalue weighted by molar-refractivity contribution is -0.114. The third kappa shape index (κ3) is 9.33. The highest BCUT2D eigenvalue weighted by molar-refractivity contribution is 8.00. The van der Waals surface area contributed by atoms with E-state index in [0.29, 0.717) is 38.9 Å². The van der Waals surface area contributed by atoms with E-state index in [1.54, 1.807) is 66.7 Å². The summed E-state index contributed by atoms with van der Waals surface area (Å²) in [5.41, 5.74) is 2.80. The van der Waals surface area contributed by atoms with E-state index >= 15 is 0 Å². The van der Waals surface area contributed by atoms with Crippen molar-refractivity contribution in [2.24, 2.45) is 0 Å². The number of benzene rings is 3. The number of carbonyl (C=O) groups excluding carboxylic acids is 4. The van der Waals surface area contributed by atoms with E-state index < -0.39 is 17.8 Å². The smallest absolute Gasteiger partial charge is 0.341 e. The molecule has 1 aliphatic carbocycles. The van der Waals surface area contributed by atoms with Crippen LogP contribution < -0.4 is 25.4 Å². The summed E-state index contributed by atoms with van der Waals surface area (Å²) in [6, 6.07) is 20.8. The number of esters is 1. The van der Waals surface area contributed by atoms with E-state index in [2.05, 4.69) is 16.0 Å². The molecule has 3 aromatic carbocycles.